The van der Waals surface area contributed by atoms with E-state index in [2.05, 4.69) is 34.7 Å². The predicted octanol–water partition coefficient (Wildman–Crippen LogP) is 3.98. The Kier molecular flexibility index (Phi) is 4.74. The monoisotopic (exact) mass is 315 g/mol. The Morgan fingerprint density at radius 2 is 1.83 bits per heavy atom. The molecule has 0 atom stereocenters. The normalized spacial score (nSPS) is 24.8. The highest BCUT2D eigenvalue weighted by Crippen LogP contribution is 2.45. The summed E-state index contributed by atoms with van der Waals surface area (Å²) < 4.78 is 0. The fourth-order valence-electron chi connectivity index (χ4n) is 3.73. The molecule has 3 heteroatoms. The van der Waals surface area contributed by atoms with Gasteiger partial charge in [-0.1, -0.05) is 42.6 Å². The first-order valence-electron chi connectivity index (χ1n) is 7.47. The number of hydrogen-bond acceptors (Lipinski definition) is 1. The van der Waals surface area contributed by atoms with Crippen molar-refractivity contribution in [3.8, 4) is 0 Å². The first-order chi connectivity index (χ1) is 8.53. The Balaban J connectivity index is 2.04. The van der Waals surface area contributed by atoms with Crippen LogP contribution in [0.1, 0.15) is 58.8 Å². The van der Waals surface area contributed by atoms with E-state index in [1.807, 2.05) is 0 Å². The molecule has 1 aliphatic carbocycles. The molecule has 0 radical (unpaired) electrons. The van der Waals surface area contributed by atoms with E-state index < -0.39 is 0 Å². The van der Waals surface area contributed by atoms with Crippen LogP contribution >= 0.6 is 15.9 Å². The third-order valence-electron chi connectivity index (χ3n) is 4.53. The molecule has 1 heterocycles. The van der Waals surface area contributed by atoms with Gasteiger partial charge < -0.3 is 4.90 Å². The molecule has 2 nitrogen and oxygen atoms in total. The molecule has 1 saturated carbocycles. The van der Waals surface area contributed by atoms with Crippen molar-refractivity contribution in [1.29, 1.82) is 0 Å². The second-order valence-electron chi connectivity index (χ2n) is 6.55. The lowest BCUT2D eigenvalue weighted by atomic mass is 9.77. The molecule has 0 N–H and O–H groups in total. The number of carbonyl (C=O) groups excluding carboxylic acids is 1. The fraction of sp³-hybridized carbons (Fsp3) is 0.933. The molecule has 2 aliphatic rings. The van der Waals surface area contributed by atoms with Crippen molar-refractivity contribution in [2.24, 2.45) is 11.3 Å². The van der Waals surface area contributed by atoms with E-state index in [1.165, 1.54) is 12.8 Å². The number of alkyl halides is 1. The highest BCUT2D eigenvalue weighted by atomic mass is 79.9. The number of piperidine rings is 1. The van der Waals surface area contributed by atoms with Gasteiger partial charge in [0, 0.05) is 23.3 Å². The highest BCUT2D eigenvalue weighted by Gasteiger charge is 2.43. The van der Waals surface area contributed by atoms with Crippen molar-refractivity contribution in [3.63, 3.8) is 0 Å². The topological polar surface area (TPSA) is 20.3 Å². The number of nitrogens with zero attached hydrogens (tertiary/aromatic N) is 1. The maximum atomic E-state index is 12.9. The zero-order valence-corrected chi connectivity index (χ0v) is 13.3. The molecular formula is C15H26BrNO. The summed E-state index contributed by atoms with van der Waals surface area (Å²) in [7, 11) is 0. The molecule has 18 heavy (non-hydrogen) atoms. The largest absolute Gasteiger partial charge is 0.342 e. The Labute approximate surface area is 120 Å². The van der Waals surface area contributed by atoms with Crippen molar-refractivity contribution in [1.82, 2.24) is 4.90 Å². The molecule has 2 rings (SSSR count). The van der Waals surface area contributed by atoms with Crippen LogP contribution < -0.4 is 0 Å². The molecule has 1 aliphatic heterocycles. The number of rotatable bonds is 3. The van der Waals surface area contributed by atoms with Gasteiger partial charge in [0.25, 0.3) is 0 Å². The first-order valence-corrected chi connectivity index (χ1v) is 8.38. The smallest absolute Gasteiger partial charge is 0.228 e. The molecule has 104 valence electrons. The SMILES string of the molecule is CC(C)CC1(C(=O)N2CCC(Br)CC2)CCCC1. The van der Waals surface area contributed by atoms with Gasteiger partial charge in [0.05, 0.1) is 0 Å². The van der Waals surface area contributed by atoms with Crippen LogP contribution in [0.4, 0.5) is 0 Å². The Morgan fingerprint density at radius 1 is 1.28 bits per heavy atom. The predicted molar refractivity (Wildman–Crippen MR) is 78.9 cm³/mol. The number of hydrogen-bond donors (Lipinski definition) is 0. The fourth-order valence-corrected chi connectivity index (χ4v) is 4.13. The van der Waals surface area contributed by atoms with Gasteiger partial charge in [-0.2, -0.15) is 0 Å². The van der Waals surface area contributed by atoms with Crippen LogP contribution in [0, 0.1) is 11.3 Å². The number of carbonyl (C=O) groups is 1. The third-order valence-corrected chi connectivity index (χ3v) is 5.44. The lowest BCUT2D eigenvalue weighted by Gasteiger charge is -2.38. The molecule has 0 aromatic heterocycles. The summed E-state index contributed by atoms with van der Waals surface area (Å²) in [5, 5.41) is 0. The average Bonchev–Trinajstić information content (AvgIpc) is 2.78. The second kappa shape index (κ2) is 5.94. The van der Waals surface area contributed by atoms with Gasteiger partial charge in [-0.05, 0) is 38.0 Å². The highest BCUT2D eigenvalue weighted by molar-refractivity contribution is 9.09. The lowest BCUT2D eigenvalue weighted by molar-refractivity contribution is -0.143. The summed E-state index contributed by atoms with van der Waals surface area (Å²) in [6.45, 7) is 6.40. The molecule has 1 amide bonds. The summed E-state index contributed by atoms with van der Waals surface area (Å²) in [4.78, 5) is 15.6. The zero-order chi connectivity index (χ0) is 13.2. The van der Waals surface area contributed by atoms with Crippen LogP contribution in [0.15, 0.2) is 0 Å². The van der Waals surface area contributed by atoms with Gasteiger partial charge in [-0.25, -0.2) is 0 Å². The van der Waals surface area contributed by atoms with E-state index in [0.717, 1.165) is 45.2 Å². The van der Waals surface area contributed by atoms with E-state index in [1.54, 1.807) is 0 Å². The number of likely N-dealkylation sites (tertiary alicyclic amines) is 1. The summed E-state index contributed by atoms with van der Waals surface area (Å²) in [6, 6.07) is 0. The molecule has 0 spiro atoms. The zero-order valence-electron chi connectivity index (χ0n) is 11.8. The minimum Gasteiger partial charge on any atom is -0.342 e. The second-order valence-corrected chi connectivity index (χ2v) is 7.85. The minimum absolute atomic E-state index is 0.00663. The van der Waals surface area contributed by atoms with Gasteiger partial charge in [0.15, 0.2) is 0 Å². The van der Waals surface area contributed by atoms with Gasteiger partial charge in [0.1, 0.15) is 0 Å². The van der Waals surface area contributed by atoms with Crippen LogP contribution in [0.5, 0.6) is 0 Å². The van der Waals surface area contributed by atoms with Gasteiger partial charge >= 0.3 is 0 Å². The van der Waals surface area contributed by atoms with Crippen molar-refractivity contribution in [3.05, 3.63) is 0 Å². The molecule has 0 aromatic rings. The van der Waals surface area contributed by atoms with E-state index in [-0.39, 0.29) is 5.41 Å². The van der Waals surface area contributed by atoms with E-state index in [0.29, 0.717) is 16.7 Å². The van der Waals surface area contributed by atoms with Crippen molar-refractivity contribution >= 4 is 21.8 Å². The molecule has 0 bridgehead atoms. The van der Waals surface area contributed by atoms with Crippen molar-refractivity contribution < 1.29 is 4.79 Å². The van der Waals surface area contributed by atoms with Crippen LogP contribution in [-0.4, -0.2) is 28.7 Å². The lowest BCUT2D eigenvalue weighted by Crippen LogP contribution is -2.47. The summed E-state index contributed by atoms with van der Waals surface area (Å²) in [5.41, 5.74) is -0.00663. The van der Waals surface area contributed by atoms with Gasteiger partial charge in [-0.15, -0.1) is 0 Å². The third kappa shape index (κ3) is 3.09. The molecule has 0 unspecified atom stereocenters. The first kappa shape index (κ1) is 14.4. The van der Waals surface area contributed by atoms with Crippen molar-refractivity contribution in [2.45, 2.75) is 63.6 Å². The maximum absolute atomic E-state index is 12.9. The number of amides is 1. The summed E-state index contributed by atoms with van der Waals surface area (Å²) in [5.74, 6) is 1.09. The van der Waals surface area contributed by atoms with E-state index in [4.69, 9.17) is 0 Å². The van der Waals surface area contributed by atoms with Gasteiger partial charge in [0.2, 0.25) is 5.91 Å². The molecule has 0 aromatic carbocycles. The van der Waals surface area contributed by atoms with Crippen LogP contribution in [0.3, 0.4) is 0 Å². The van der Waals surface area contributed by atoms with Crippen LogP contribution in [-0.2, 0) is 4.79 Å². The molecular weight excluding hydrogens is 290 g/mol. The maximum Gasteiger partial charge on any atom is 0.228 e. The minimum atomic E-state index is -0.00663. The number of halogens is 1. The summed E-state index contributed by atoms with van der Waals surface area (Å²) >= 11 is 3.66. The summed E-state index contributed by atoms with van der Waals surface area (Å²) in [6.07, 6.45) is 8.05. The van der Waals surface area contributed by atoms with Crippen molar-refractivity contribution in [2.75, 3.05) is 13.1 Å². The van der Waals surface area contributed by atoms with Crippen LogP contribution in [0.2, 0.25) is 0 Å². The van der Waals surface area contributed by atoms with E-state index >= 15 is 0 Å². The Bertz CT molecular complexity index is 289. The van der Waals surface area contributed by atoms with E-state index in [9.17, 15) is 4.79 Å². The molecule has 2 fully saturated rings. The Hall–Kier alpha value is -0.0500. The van der Waals surface area contributed by atoms with Crippen LogP contribution in [0.25, 0.3) is 0 Å². The average molecular weight is 316 g/mol. The Morgan fingerprint density at radius 3 is 2.33 bits per heavy atom. The molecule has 1 saturated heterocycles. The quantitative estimate of drug-likeness (QED) is 0.721. The van der Waals surface area contributed by atoms with Gasteiger partial charge in [-0.3, -0.25) is 4.79 Å². The standard InChI is InChI=1S/C15H26BrNO/c1-12(2)11-15(7-3-4-8-15)14(18)17-9-5-13(16)6-10-17/h12-13H,3-11H2,1-2H3.